The second kappa shape index (κ2) is 7.07. The van der Waals surface area contributed by atoms with Crippen LogP contribution in [0.5, 0.6) is 0 Å². The molecule has 0 atom stereocenters. The van der Waals surface area contributed by atoms with Gasteiger partial charge in [0.05, 0.1) is 10.3 Å². The van der Waals surface area contributed by atoms with Crippen molar-refractivity contribution in [2.24, 2.45) is 0 Å². The highest BCUT2D eigenvalue weighted by atomic mass is 32.1. The second-order valence-corrected chi connectivity index (χ2v) is 14.8. The molecule has 5 rings (SSSR count). The Hall–Kier alpha value is -2.96. The fraction of sp³-hybridized carbons (Fsp3) is 0.125. The van der Waals surface area contributed by atoms with E-state index in [2.05, 4.69) is 65.2 Å². The molecule has 0 fully saturated rings. The molecule has 2 aromatic heterocycles. The van der Waals surface area contributed by atoms with E-state index in [9.17, 15) is 4.39 Å². The fourth-order valence-electron chi connectivity index (χ4n) is 3.53. The third-order valence-corrected chi connectivity index (χ3v) is 9.44. The molecular weight excluding hydrogens is 409 g/mol. The molecular formula is C24H20FN3SSi. The van der Waals surface area contributed by atoms with Crippen molar-refractivity contribution < 1.29 is 4.39 Å². The Morgan fingerprint density at radius 2 is 1.63 bits per heavy atom. The van der Waals surface area contributed by atoms with Gasteiger partial charge in [0.15, 0.2) is 0 Å². The van der Waals surface area contributed by atoms with E-state index in [-0.39, 0.29) is 5.82 Å². The summed E-state index contributed by atoms with van der Waals surface area (Å²) in [5.41, 5.74) is 2.77. The van der Waals surface area contributed by atoms with Gasteiger partial charge < -0.3 is 0 Å². The van der Waals surface area contributed by atoms with Gasteiger partial charge in [-0.2, -0.15) is 0 Å². The summed E-state index contributed by atoms with van der Waals surface area (Å²) in [6, 6.07) is 19.3. The van der Waals surface area contributed by atoms with Crippen molar-refractivity contribution in [1.29, 1.82) is 0 Å². The first-order chi connectivity index (χ1) is 14.4. The van der Waals surface area contributed by atoms with Gasteiger partial charge in [-0.25, -0.2) is 4.39 Å². The predicted octanol–water partition coefficient (Wildman–Crippen LogP) is 6.26. The van der Waals surface area contributed by atoms with Gasteiger partial charge in [-0.05, 0) is 46.5 Å². The number of pyridine rings is 1. The summed E-state index contributed by atoms with van der Waals surface area (Å²) in [5.74, 6) is -0.254. The molecule has 30 heavy (non-hydrogen) atoms. The van der Waals surface area contributed by atoms with E-state index in [4.69, 9.17) is 0 Å². The molecule has 0 aliphatic heterocycles. The lowest BCUT2D eigenvalue weighted by Gasteiger charge is -2.10. The van der Waals surface area contributed by atoms with Crippen LogP contribution in [0.2, 0.25) is 19.6 Å². The predicted molar refractivity (Wildman–Crippen MR) is 127 cm³/mol. The highest BCUT2D eigenvalue weighted by Crippen LogP contribution is 2.35. The zero-order chi connectivity index (χ0) is 20.9. The van der Waals surface area contributed by atoms with Gasteiger partial charge in [0.2, 0.25) is 0 Å². The zero-order valence-electron chi connectivity index (χ0n) is 17.0. The number of halogens is 1. The molecule has 0 spiro atoms. The normalized spacial score (nSPS) is 12.0. The van der Waals surface area contributed by atoms with E-state index in [1.54, 1.807) is 17.4 Å². The first kappa shape index (κ1) is 19.0. The topological polar surface area (TPSA) is 38.7 Å². The Bertz CT molecular complexity index is 1410. The van der Waals surface area contributed by atoms with Crippen molar-refractivity contribution >= 4 is 45.6 Å². The quantitative estimate of drug-likeness (QED) is 0.318. The molecule has 0 amide bonds. The number of hydrogen-bond acceptors (Lipinski definition) is 4. The minimum Gasteiger partial charge on any atom is -0.256 e. The molecule has 6 heteroatoms. The van der Waals surface area contributed by atoms with Gasteiger partial charge >= 0.3 is 0 Å². The largest absolute Gasteiger partial charge is 0.256 e. The molecule has 0 unspecified atom stereocenters. The van der Waals surface area contributed by atoms with E-state index in [0.29, 0.717) is 0 Å². The molecule has 3 aromatic carbocycles. The van der Waals surface area contributed by atoms with Crippen molar-refractivity contribution in [3.63, 3.8) is 0 Å². The molecule has 0 aliphatic carbocycles. The third-order valence-electron chi connectivity index (χ3n) is 5.14. The summed E-state index contributed by atoms with van der Waals surface area (Å²) < 4.78 is 15.2. The van der Waals surface area contributed by atoms with Crippen LogP contribution in [0.4, 0.5) is 4.39 Å². The van der Waals surface area contributed by atoms with Crippen molar-refractivity contribution in [2.45, 2.75) is 19.6 Å². The lowest BCUT2D eigenvalue weighted by Crippen LogP contribution is -2.37. The van der Waals surface area contributed by atoms with Gasteiger partial charge in [0, 0.05) is 22.7 Å². The summed E-state index contributed by atoms with van der Waals surface area (Å²) in [4.78, 5) is 4.68. The molecule has 148 valence electrons. The average Bonchev–Trinajstić information content (AvgIpc) is 3.23. The molecule has 5 aromatic rings. The number of hydrogen-bond donors (Lipinski definition) is 0. The fourth-order valence-corrected chi connectivity index (χ4v) is 6.02. The highest BCUT2D eigenvalue weighted by molar-refractivity contribution is 7.27. The van der Waals surface area contributed by atoms with Crippen LogP contribution in [0.1, 0.15) is 0 Å². The lowest BCUT2D eigenvalue weighted by atomic mass is 9.98. The Balaban J connectivity index is 1.74. The summed E-state index contributed by atoms with van der Waals surface area (Å²) in [7, 11) is -1.57. The summed E-state index contributed by atoms with van der Waals surface area (Å²) in [5, 5.41) is 13.8. The van der Waals surface area contributed by atoms with Crippen molar-refractivity contribution in [1.82, 2.24) is 15.2 Å². The molecule has 0 saturated heterocycles. The Morgan fingerprint density at radius 3 is 2.40 bits per heavy atom. The number of nitrogens with zero attached hydrogens (tertiary/aromatic N) is 3. The molecule has 0 N–H and O–H groups in total. The lowest BCUT2D eigenvalue weighted by molar-refractivity contribution is 0.630. The summed E-state index contributed by atoms with van der Waals surface area (Å²) in [6.45, 7) is 6.76. The van der Waals surface area contributed by atoms with Gasteiger partial charge in [-0.15, -0.1) is 21.5 Å². The summed E-state index contributed by atoms with van der Waals surface area (Å²) >= 11 is 1.62. The number of benzene rings is 3. The van der Waals surface area contributed by atoms with Gasteiger partial charge in [-0.3, -0.25) is 4.98 Å². The van der Waals surface area contributed by atoms with E-state index in [0.717, 1.165) is 48.0 Å². The van der Waals surface area contributed by atoms with Crippen LogP contribution in [-0.4, -0.2) is 23.3 Å². The second-order valence-electron chi connectivity index (χ2n) is 8.47. The van der Waals surface area contributed by atoms with Gasteiger partial charge in [-0.1, -0.05) is 50.0 Å². The van der Waals surface area contributed by atoms with Gasteiger partial charge in [0.25, 0.3) is 0 Å². The Kier molecular flexibility index (Phi) is 4.49. The zero-order valence-corrected chi connectivity index (χ0v) is 18.8. The van der Waals surface area contributed by atoms with Crippen LogP contribution in [0.25, 0.3) is 43.4 Å². The minimum absolute atomic E-state index is 0.254. The van der Waals surface area contributed by atoms with Crippen LogP contribution in [-0.2, 0) is 0 Å². The Labute approximate surface area is 179 Å². The SMILES string of the molecule is C[Si](C)(C)c1nnc(-c2cc(-c3cc4ccccc4cn3)cc3ccc(F)cc23)s1. The van der Waals surface area contributed by atoms with Crippen molar-refractivity contribution in [3.8, 4) is 21.8 Å². The van der Waals surface area contributed by atoms with Gasteiger partial charge in [0.1, 0.15) is 18.9 Å². The summed E-state index contributed by atoms with van der Waals surface area (Å²) in [6.07, 6.45) is 1.90. The number of fused-ring (bicyclic) bond motifs is 2. The number of aromatic nitrogens is 3. The van der Waals surface area contributed by atoms with E-state index in [1.165, 1.54) is 6.07 Å². The maximum absolute atomic E-state index is 14.1. The standard InChI is InChI=1S/C24H20FN3SSi/c1-30(2,3)24-28-27-23(29-24)21-11-18(10-16-8-9-19(25)13-20(16)21)22-12-15-6-4-5-7-17(15)14-26-22/h4-14H,1-3H3. The van der Waals surface area contributed by atoms with Crippen LogP contribution in [0.15, 0.2) is 66.9 Å². The minimum atomic E-state index is -1.57. The van der Waals surface area contributed by atoms with Crippen LogP contribution < -0.4 is 4.63 Å². The van der Waals surface area contributed by atoms with E-state index < -0.39 is 8.07 Å². The first-order valence-corrected chi connectivity index (χ1v) is 14.1. The molecule has 2 heterocycles. The highest BCUT2D eigenvalue weighted by Gasteiger charge is 2.23. The number of rotatable bonds is 3. The first-order valence-electron chi connectivity index (χ1n) is 9.81. The molecule has 0 saturated carbocycles. The smallest absolute Gasteiger partial charge is 0.148 e. The molecule has 0 radical (unpaired) electrons. The van der Waals surface area contributed by atoms with Crippen molar-refractivity contribution in [2.75, 3.05) is 0 Å². The van der Waals surface area contributed by atoms with Crippen LogP contribution >= 0.6 is 11.3 Å². The molecule has 0 aliphatic rings. The monoisotopic (exact) mass is 429 g/mol. The maximum atomic E-state index is 14.1. The van der Waals surface area contributed by atoms with Crippen molar-refractivity contribution in [3.05, 3.63) is 72.7 Å². The van der Waals surface area contributed by atoms with E-state index in [1.807, 2.05) is 24.4 Å². The Morgan fingerprint density at radius 1 is 0.833 bits per heavy atom. The molecule has 3 nitrogen and oxygen atoms in total. The van der Waals surface area contributed by atoms with Crippen LogP contribution in [0, 0.1) is 5.82 Å². The average molecular weight is 430 g/mol. The third kappa shape index (κ3) is 3.42. The molecule has 0 bridgehead atoms. The maximum Gasteiger partial charge on any atom is 0.148 e. The van der Waals surface area contributed by atoms with Crippen LogP contribution in [0.3, 0.4) is 0 Å². The van der Waals surface area contributed by atoms with E-state index >= 15 is 0 Å².